The Morgan fingerprint density at radius 2 is 2.16 bits per heavy atom. The summed E-state index contributed by atoms with van der Waals surface area (Å²) < 4.78 is 7.55. The summed E-state index contributed by atoms with van der Waals surface area (Å²) in [7, 11) is 0. The van der Waals surface area contributed by atoms with Crippen LogP contribution in [0.1, 0.15) is 53.2 Å². The molecule has 1 aromatic heterocycles. The first-order chi connectivity index (χ1) is 8.90. The minimum Gasteiger partial charge on any atom is -0.377 e. The number of hydrogen-bond donors (Lipinski definition) is 1. The molecule has 0 amide bonds. The Labute approximate surface area is 116 Å². The quantitative estimate of drug-likeness (QED) is 0.786. The number of nitrogens with zero attached hydrogens (tertiary/aromatic N) is 3. The molecule has 0 bridgehead atoms. The number of aromatic nitrogens is 3. The lowest BCUT2D eigenvalue weighted by molar-refractivity contribution is 0.0526. The molecule has 5 heteroatoms. The lowest BCUT2D eigenvalue weighted by Gasteiger charge is -2.19. The van der Waals surface area contributed by atoms with Crippen molar-refractivity contribution in [2.45, 2.75) is 72.2 Å². The van der Waals surface area contributed by atoms with Crippen molar-refractivity contribution in [2.75, 3.05) is 6.61 Å². The maximum Gasteiger partial charge on any atom is 0.0965 e. The monoisotopic (exact) mass is 268 g/mol. The predicted molar refractivity (Wildman–Crippen MR) is 76.9 cm³/mol. The van der Waals surface area contributed by atoms with Gasteiger partial charge in [0.2, 0.25) is 0 Å². The molecule has 1 N–H and O–H groups in total. The van der Waals surface area contributed by atoms with Gasteiger partial charge >= 0.3 is 0 Å². The topological polar surface area (TPSA) is 52.0 Å². The van der Waals surface area contributed by atoms with Gasteiger partial charge in [0.25, 0.3) is 0 Å². The summed E-state index contributed by atoms with van der Waals surface area (Å²) in [6.45, 7) is 12.9. The molecule has 1 heterocycles. The average molecular weight is 268 g/mol. The van der Waals surface area contributed by atoms with Gasteiger partial charge in [0.1, 0.15) is 0 Å². The summed E-state index contributed by atoms with van der Waals surface area (Å²) >= 11 is 0. The minimum atomic E-state index is 0.0997. The van der Waals surface area contributed by atoms with Gasteiger partial charge in [0.05, 0.1) is 24.9 Å². The van der Waals surface area contributed by atoms with Gasteiger partial charge in [0.15, 0.2) is 0 Å². The van der Waals surface area contributed by atoms with Crippen LogP contribution in [-0.2, 0) is 17.8 Å². The zero-order valence-electron chi connectivity index (χ0n) is 12.9. The fraction of sp³-hybridized carbons (Fsp3) is 0.857. The Balaban J connectivity index is 2.27. The average Bonchev–Trinajstić information content (AvgIpc) is 2.74. The molecular formula is C14H28N4O. The van der Waals surface area contributed by atoms with Crippen LogP contribution in [0.25, 0.3) is 0 Å². The van der Waals surface area contributed by atoms with Crippen LogP contribution >= 0.6 is 0 Å². The third kappa shape index (κ3) is 7.28. The molecule has 0 radical (unpaired) electrons. The highest BCUT2D eigenvalue weighted by atomic mass is 16.5. The van der Waals surface area contributed by atoms with Crippen molar-refractivity contribution in [2.24, 2.45) is 0 Å². The molecule has 0 aromatic carbocycles. The molecule has 1 unspecified atom stereocenters. The van der Waals surface area contributed by atoms with Gasteiger partial charge in [-0.05, 0) is 34.1 Å². The molecule has 0 saturated carbocycles. The van der Waals surface area contributed by atoms with E-state index in [0.29, 0.717) is 12.7 Å². The third-order valence-electron chi connectivity index (χ3n) is 2.80. The van der Waals surface area contributed by atoms with Gasteiger partial charge < -0.3 is 10.1 Å². The van der Waals surface area contributed by atoms with Crippen LogP contribution in [0, 0.1) is 0 Å². The summed E-state index contributed by atoms with van der Waals surface area (Å²) in [6.07, 6.45) is 4.58. The van der Waals surface area contributed by atoms with E-state index in [0.717, 1.165) is 31.6 Å². The summed E-state index contributed by atoms with van der Waals surface area (Å²) in [4.78, 5) is 0. The molecule has 1 rings (SSSR count). The maximum absolute atomic E-state index is 5.71. The largest absolute Gasteiger partial charge is 0.377 e. The van der Waals surface area contributed by atoms with Crippen LogP contribution in [0.15, 0.2) is 6.20 Å². The standard InChI is InChI=1S/C14H28N4O/c1-6-7-12(2)19-9-8-18-11-13(16-17-18)10-15-14(3,4)5/h11-12,15H,6-10H2,1-5H3. The highest BCUT2D eigenvalue weighted by molar-refractivity contribution is 4.92. The Hall–Kier alpha value is -0.940. The van der Waals surface area contributed by atoms with Crippen LogP contribution in [0.4, 0.5) is 0 Å². The van der Waals surface area contributed by atoms with Crippen LogP contribution in [-0.4, -0.2) is 33.2 Å². The van der Waals surface area contributed by atoms with Gasteiger partial charge in [-0.15, -0.1) is 5.10 Å². The molecule has 0 aliphatic carbocycles. The smallest absolute Gasteiger partial charge is 0.0965 e. The third-order valence-corrected chi connectivity index (χ3v) is 2.80. The van der Waals surface area contributed by atoms with E-state index in [2.05, 4.69) is 50.2 Å². The lowest BCUT2D eigenvalue weighted by atomic mass is 10.1. The van der Waals surface area contributed by atoms with Crippen molar-refractivity contribution in [3.05, 3.63) is 11.9 Å². The Kier molecular flexibility index (Phi) is 6.45. The number of ether oxygens (including phenoxy) is 1. The fourth-order valence-electron chi connectivity index (χ4n) is 1.72. The van der Waals surface area contributed by atoms with E-state index in [1.807, 2.05) is 10.9 Å². The van der Waals surface area contributed by atoms with Gasteiger partial charge in [-0.25, -0.2) is 4.68 Å². The first-order valence-electron chi connectivity index (χ1n) is 7.16. The van der Waals surface area contributed by atoms with Crippen LogP contribution in [0.2, 0.25) is 0 Å². The van der Waals surface area contributed by atoms with Crippen molar-refractivity contribution in [3.63, 3.8) is 0 Å². The molecule has 19 heavy (non-hydrogen) atoms. The Bertz CT molecular complexity index is 357. The normalized spacial score (nSPS) is 13.7. The van der Waals surface area contributed by atoms with Crippen molar-refractivity contribution in [1.82, 2.24) is 20.3 Å². The van der Waals surface area contributed by atoms with E-state index < -0.39 is 0 Å². The van der Waals surface area contributed by atoms with E-state index >= 15 is 0 Å². The Morgan fingerprint density at radius 1 is 1.42 bits per heavy atom. The fourth-order valence-corrected chi connectivity index (χ4v) is 1.72. The van der Waals surface area contributed by atoms with E-state index in [9.17, 15) is 0 Å². The number of hydrogen-bond acceptors (Lipinski definition) is 4. The second kappa shape index (κ2) is 7.60. The summed E-state index contributed by atoms with van der Waals surface area (Å²) in [5.41, 5.74) is 1.07. The zero-order chi connectivity index (χ0) is 14.3. The Morgan fingerprint density at radius 3 is 2.79 bits per heavy atom. The molecule has 0 aliphatic rings. The lowest BCUT2D eigenvalue weighted by Crippen LogP contribution is -2.35. The van der Waals surface area contributed by atoms with E-state index in [1.54, 1.807) is 0 Å². The van der Waals surface area contributed by atoms with E-state index in [-0.39, 0.29) is 5.54 Å². The second-order valence-electron chi connectivity index (χ2n) is 6.05. The van der Waals surface area contributed by atoms with Gasteiger partial charge in [-0.1, -0.05) is 18.6 Å². The first-order valence-corrected chi connectivity index (χ1v) is 7.16. The first kappa shape index (κ1) is 16.1. The van der Waals surface area contributed by atoms with Gasteiger partial charge in [-0.2, -0.15) is 0 Å². The molecule has 0 saturated heterocycles. The highest BCUT2D eigenvalue weighted by Crippen LogP contribution is 2.03. The minimum absolute atomic E-state index is 0.0997. The molecule has 0 fully saturated rings. The molecule has 1 atom stereocenters. The molecule has 0 spiro atoms. The van der Waals surface area contributed by atoms with Crippen molar-refractivity contribution < 1.29 is 4.74 Å². The van der Waals surface area contributed by atoms with E-state index in [4.69, 9.17) is 4.74 Å². The van der Waals surface area contributed by atoms with Crippen LogP contribution in [0.3, 0.4) is 0 Å². The zero-order valence-corrected chi connectivity index (χ0v) is 12.9. The SMILES string of the molecule is CCCC(C)OCCn1cc(CNC(C)(C)C)nn1. The summed E-state index contributed by atoms with van der Waals surface area (Å²) in [5.74, 6) is 0. The maximum atomic E-state index is 5.71. The van der Waals surface area contributed by atoms with Crippen molar-refractivity contribution in [3.8, 4) is 0 Å². The number of nitrogens with one attached hydrogen (secondary N) is 1. The highest BCUT2D eigenvalue weighted by Gasteiger charge is 2.10. The molecule has 1 aromatic rings. The molecule has 5 nitrogen and oxygen atoms in total. The van der Waals surface area contributed by atoms with Gasteiger partial charge in [0, 0.05) is 18.3 Å². The molecule has 0 aliphatic heterocycles. The molecule has 110 valence electrons. The van der Waals surface area contributed by atoms with E-state index in [1.165, 1.54) is 0 Å². The summed E-state index contributed by atoms with van der Waals surface area (Å²) in [5, 5.41) is 11.7. The van der Waals surface area contributed by atoms with Crippen molar-refractivity contribution >= 4 is 0 Å². The predicted octanol–water partition coefficient (Wildman–Crippen LogP) is 2.37. The summed E-state index contributed by atoms with van der Waals surface area (Å²) in [6, 6.07) is 0. The van der Waals surface area contributed by atoms with Crippen LogP contribution in [0.5, 0.6) is 0 Å². The van der Waals surface area contributed by atoms with Crippen LogP contribution < -0.4 is 5.32 Å². The molecular weight excluding hydrogens is 240 g/mol. The van der Waals surface area contributed by atoms with Crippen molar-refractivity contribution in [1.29, 1.82) is 0 Å². The second-order valence-corrected chi connectivity index (χ2v) is 6.05. The number of rotatable bonds is 8. The van der Waals surface area contributed by atoms with Gasteiger partial charge in [-0.3, -0.25) is 0 Å².